The molecule has 0 radical (unpaired) electrons. The summed E-state index contributed by atoms with van der Waals surface area (Å²) >= 11 is 7.55. The fourth-order valence-corrected chi connectivity index (χ4v) is 5.91. The molecular formula is C28H29ClN4O3S. The Morgan fingerprint density at radius 3 is 2.62 bits per heavy atom. The highest BCUT2D eigenvalue weighted by molar-refractivity contribution is 8.15. The van der Waals surface area contributed by atoms with Crippen molar-refractivity contribution in [2.75, 3.05) is 44.7 Å². The van der Waals surface area contributed by atoms with E-state index in [9.17, 15) is 9.59 Å². The number of amidine groups is 1. The van der Waals surface area contributed by atoms with Gasteiger partial charge in [0.15, 0.2) is 5.17 Å². The van der Waals surface area contributed by atoms with Crippen molar-refractivity contribution in [3.8, 4) is 0 Å². The van der Waals surface area contributed by atoms with Crippen LogP contribution in [0.25, 0.3) is 10.8 Å². The number of morpholine rings is 1. The minimum Gasteiger partial charge on any atom is -0.379 e. The van der Waals surface area contributed by atoms with Gasteiger partial charge in [0.05, 0.1) is 29.6 Å². The molecule has 3 aromatic rings. The van der Waals surface area contributed by atoms with Gasteiger partial charge in [0, 0.05) is 38.0 Å². The maximum atomic E-state index is 13.5. The van der Waals surface area contributed by atoms with Gasteiger partial charge in [-0.1, -0.05) is 71.9 Å². The van der Waals surface area contributed by atoms with Gasteiger partial charge in [-0.3, -0.25) is 19.4 Å². The molecule has 0 saturated carbocycles. The summed E-state index contributed by atoms with van der Waals surface area (Å²) in [5.41, 5.74) is 1.35. The second-order valence-corrected chi connectivity index (χ2v) is 10.6. The number of benzene rings is 3. The summed E-state index contributed by atoms with van der Waals surface area (Å²) in [6.07, 6.45) is 0.864. The van der Waals surface area contributed by atoms with Crippen LogP contribution in [0.1, 0.15) is 12.8 Å². The molecule has 5 rings (SSSR count). The highest BCUT2D eigenvalue weighted by atomic mass is 35.5. The first-order valence-corrected chi connectivity index (χ1v) is 13.7. The quantitative estimate of drug-likeness (QED) is 0.429. The number of nitrogens with zero attached hydrogens (tertiary/aromatic N) is 3. The number of hydrogen-bond donors (Lipinski definition) is 1. The molecule has 2 amide bonds. The van der Waals surface area contributed by atoms with E-state index in [4.69, 9.17) is 21.3 Å². The summed E-state index contributed by atoms with van der Waals surface area (Å²) in [7, 11) is 0. The van der Waals surface area contributed by atoms with Crippen molar-refractivity contribution in [2.45, 2.75) is 18.1 Å². The molecule has 37 heavy (non-hydrogen) atoms. The Kier molecular flexibility index (Phi) is 8.41. The lowest BCUT2D eigenvalue weighted by Gasteiger charge is -2.27. The molecule has 2 aliphatic rings. The van der Waals surface area contributed by atoms with E-state index >= 15 is 0 Å². The number of carbonyl (C=O) groups excluding carboxylic acids is 2. The summed E-state index contributed by atoms with van der Waals surface area (Å²) in [6.45, 7) is 4.74. The number of ether oxygens (including phenoxy) is 1. The van der Waals surface area contributed by atoms with E-state index in [-0.39, 0.29) is 18.2 Å². The summed E-state index contributed by atoms with van der Waals surface area (Å²) in [5.74, 6) is -0.334. The fraction of sp³-hybridized carbons (Fsp3) is 0.321. The van der Waals surface area contributed by atoms with Gasteiger partial charge < -0.3 is 10.1 Å². The number of para-hydroxylation sites is 1. The first-order valence-electron chi connectivity index (χ1n) is 12.5. The molecule has 2 heterocycles. The molecule has 0 unspecified atom stereocenters. The Bertz CT molecular complexity index is 1310. The van der Waals surface area contributed by atoms with Gasteiger partial charge >= 0.3 is 0 Å². The van der Waals surface area contributed by atoms with Gasteiger partial charge in [-0.25, -0.2) is 4.99 Å². The molecule has 0 aromatic heterocycles. The molecular weight excluding hydrogens is 508 g/mol. The fourth-order valence-electron chi connectivity index (χ4n) is 4.55. The van der Waals surface area contributed by atoms with E-state index in [1.165, 1.54) is 11.8 Å². The summed E-state index contributed by atoms with van der Waals surface area (Å²) in [5, 5.41) is 5.51. The number of carbonyl (C=O) groups is 2. The van der Waals surface area contributed by atoms with Gasteiger partial charge in [0.25, 0.3) is 0 Å². The highest BCUT2D eigenvalue weighted by Gasteiger charge is 2.39. The molecule has 9 heteroatoms. The van der Waals surface area contributed by atoms with Gasteiger partial charge in [0.2, 0.25) is 11.8 Å². The lowest BCUT2D eigenvalue weighted by atomic mass is 10.1. The molecule has 2 aliphatic heterocycles. The molecule has 7 nitrogen and oxygen atoms in total. The smallest absolute Gasteiger partial charge is 0.242 e. The van der Waals surface area contributed by atoms with Crippen LogP contribution in [0.4, 0.5) is 11.4 Å². The third-order valence-electron chi connectivity index (χ3n) is 6.48. The molecule has 2 fully saturated rings. The third-order valence-corrected chi connectivity index (χ3v) is 7.99. The number of halogens is 1. The average Bonchev–Trinajstić information content (AvgIpc) is 3.19. The zero-order valence-electron chi connectivity index (χ0n) is 20.4. The standard InChI is InChI=1S/C28H29ClN4O3S/c29-22-10-3-4-11-24(22)30-26(34)19-25-27(35)33(14-6-13-32-15-17-36-18-16-32)28(37-25)31-23-12-5-8-20-7-1-2-9-21(20)23/h1-5,7-12,25H,6,13-19H2,(H,30,34)/t25-/m1/s1. The Hall–Kier alpha value is -2.91. The highest BCUT2D eigenvalue weighted by Crippen LogP contribution is 2.34. The SMILES string of the molecule is O=C(C[C@H]1SC(=Nc2cccc3ccccc23)N(CCCN2CCOCC2)C1=O)Nc1ccccc1Cl. The number of aliphatic imine (C=N–C) groups is 1. The topological polar surface area (TPSA) is 74.2 Å². The Morgan fingerprint density at radius 2 is 1.78 bits per heavy atom. The molecule has 0 bridgehead atoms. The molecule has 1 N–H and O–H groups in total. The van der Waals surface area contributed by atoms with E-state index in [1.807, 2.05) is 48.5 Å². The molecule has 192 valence electrons. The van der Waals surface area contributed by atoms with Crippen LogP contribution in [-0.2, 0) is 14.3 Å². The zero-order valence-corrected chi connectivity index (χ0v) is 22.0. The number of nitrogens with one attached hydrogen (secondary N) is 1. The number of thioether (sulfide) groups is 1. The third kappa shape index (κ3) is 6.33. The second-order valence-electron chi connectivity index (χ2n) is 9.03. The van der Waals surface area contributed by atoms with Crippen molar-refractivity contribution >= 4 is 62.5 Å². The van der Waals surface area contributed by atoms with Crippen LogP contribution in [0.5, 0.6) is 0 Å². The normalized spacial score (nSPS) is 19.6. The van der Waals surface area contributed by atoms with Crippen molar-refractivity contribution < 1.29 is 14.3 Å². The zero-order chi connectivity index (χ0) is 25.6. The number of rotatable bonds is 8. The number of anilines is 1. The van der Waals surface area contributed by atoms with Crippen LogP contribution < -0.4 is 5.32 Å². The molecule has 0 aliphatic carbocycles. The van der Waals surface area contributed by atoms with Crippen LogP contribution in [0.15, 0.2) is 71.7 Å². The molecule has 2 saturated heterocycles. The number of hydrogen-bond acceptors (Lipinski definition) is 6. The lowest BCUT2D eigenvalue weighted by molar-refractivity contribution is -0.128. The van der Waals surface area contributed by atoms with Crippen molar-refractivity contribution in [1.29, 1.82) is 0 Å². The van der Waals surface area contributed by atoms with Crippen molar-refractivity contribution in [3.05, 3.63) is 71.8 Å². The minimum atomic E-state index is -0.542. The lowest BCUT2D eigenvalue weighted by Crippen LogP contribution is -2.39. The monoisotopic (exact) mass is 536 g/mol. The number of fused-ring (bicyclic) bond motifs is 1. The largest absolute Gasteiger partial charge is 0.379 e. The molecule has 3 aromatic carbocycles. The average molecular weight is 537 g/mol. The van der Waals surface area contributed by atoms with Crippen molar-refractivity contribution in [1.82, 2.24) is 9.80 Å². The van der Waals surface area contributed by atoms with E-state index < -0.39 is 5.25 Å². The maximum absolute atomic E-state index is 13.5. The van der Waals surface area contributed by atoms with Gasteiger partial charge in [-0.2, -0.15) is 0 Å². The summed E-state index contributed by atoms with van der Waals surface area (Å²) in [6, 6.07) is 21.1. The van der Waals surface area contributed by atoms with Crippen molar-refractivity contribution in [2.24, 2.45) is 4.99 Å². The van der Waals surface area contributed by atoms with Gasteiger partial charge in [-0.05, 0) is 30.0 Å². The predicted molar refractivity (Wildman–Crippen MR) is 151 cm³/mol. The van der Waals surface area contributed by atoms with Crippen LogP contribution in [0, 0.1) is 0 Å². The maximum Gasteiger partial charge on any atom is 0.242 e. The molecule has 0 spiro atoms. The van der Waals surface area contributed by atoms with Crippen molar-refractivity contribution in [3.63, 3.8) is 0 Å². The van der Waals surface area contributed by atoms with Gasteiger partial charge in [0.1, 0.15) is 5.25 Å². The van der Waals surface area contributed by atoms with E-state index in [0.717, 1.165) is 55.7 Å². The van der Waals surface area contributed by atoms with E-state index in [1.54, 1.807) is 23.1 Å². The van der Waals surface area contributed by atoms with E-state index in [0.29, 0.717) is 22.4 Å². The Labute approximate surface area is 225 Å². The summed E-state index contributed by atoms with van der Waals surface area (Å²) in [4.78, 5) is 35.4. The van der Waals surface area contributed by atoms with Crippen LogP contribution in [0.2, 0.25) is 5.02 Å². The first-order chi connectivity index (χ1) is 18.1. The number of amides is 2. The van der Waals surface area contributed by atoms with Crippen LogP contribution in [-0.4, -0.2) is 71.4 Å². The van der Waals surface area contributed by atoms with Crippen LogP contribution >= 0.6 is 23.4 Å². The first kappa shape index (κ1) is 25.7. The minimum absolute atomic E-state index is 0.0449. The summed E-state index contributed by atoms with van der Waals surface area (Å²) < 4.78 is 5.44. The van der Waals surface area contributed by atoms with Crippen LogP contribution in [0.3, 0.4) is 0 Å². The second kappa shape index (κ2) is 12.1. The Morgan fingerprint density at radius 1 is 1.03 bits per heavy atom. The molecule has 1 atom stereocenters. The van der Waals surface area contributed by atoms with E-state index in [2.05, 4.69) is 10.2 Å². The Balaban J connectivity index is 1.34. The predicted octanol–water partition coefficient (Wildman–Crippen LogP) is 5.18. The van der Waals surface area contributed by atoms with Gasteiger partial charge in [-0.15, -0.1) is 0 Å².